The van der Waals surface area contributed by atoms with Crippen LogP contribution in [-0.4, -0.2) is 9.97 Å². The quantitative estimate of drug-likeness (QED) is 0.815. The molecule has 0 spiro atoms. The monoisotopic (exact) mass is 303 g/mol. The van der Waals surface area contributed by atoms with Crippen LogP contribution in [0, 0.1) is 11.3 Å². The van der Waals surface area contributed by atoms with Gasteiger partial charge in [0.25, 0.3) is 0 Å². The summed E-state index contributed by atoms with van der Waals surface area (Å²) >= 11 is 3.33. The van der Waals surface area contributed by atoms with Crippen molar-refractivity contribution in [1.82, 2.24) is 9.97 Å². The third-order valence-electron chi connectivity index (χ3n) is 2.28. The first-order valence-corrected chi connectivity index (χ1v) is 6.42. The Labute approximate surface area is 113 Å². The van der Waals surface area contributed by atoms with Crippen molar-refractivity contribution in [2.75, 3.05) is 0 Å². The molecule has 2 rings (SSSR count). The van der Waals surface area contributed by atoms with Gasteiger partial charge in [-0.2, -0.15) is 5.26 Å². The van der Waals surface area contributed by atoms with Gasteiger partial charge in [0.05, 0.1) is 11.9 Å². The van der Waals surface area contributed by atoms with Gasteiger partial charge in [-0.05, 0) is 29.8 Å². The number of rotatable bonds is 4. The van der Waals surface area contributed by atoms with E-state index in [9.17, 15) is 0 Å². The molecule has 0 aliphatic carbocycles. The van der Waals surface area contributed by atoms with Gasteiger partial charge < -0.3 is 4.74 Å². The molecule has 0 atom stereocenters. The number of hydrogen-bond donors (Lipinski definition) is 0. The second-order valence-electron chi connectivity index (χ2n) is 3.57. The van der Waals surface area contributed by atoms with E-state index in [0.717, 1.165) is 16.6 Å². The maximum absolute atomic E-state index is 8.74. The summed E-state index contributed by atoms with van der Waals surface area (Å²) in [6, 6.07) is 9.30. The van der Waals surface area contributed by atoms with Crippen LogP contribution in [0.5, 0.6) is 5.75 Å². The molecule has 0 saturated carbocycles. The fraction of sp³-hybridized carbons (Fsp3) is 0.154. The Morgan fingerprint density at radius 3 is 2.83 bits per heavy atom. The molecular weight excluding hydrogens is 294 g/mol. The fourth-order valence-corrected chi connectivity index (χ4v) is 1.70. The summed E-state index contributed by atoms with van der Waals surface area (Å²) in [5, 5.41) is 9.46. The Hall–Kier alpha value is -1.93. The third kappa shape index (κ3) is 3.28. The molecule has 90 valence electrons. The van der Waals surface area contributed by atoms with Crippen molar-refractivity contribution in [3.05, 3.63) is 53.6 Å². The van der Waals surface area contributed by atoms with Crippen molar-refractivity contribution >= 4 is 15.9 Å². The minimum Gasteiger partial charge on any atom is -0.487 e. The third-order valence-corrected chi connectivity index (χ3v) is 2.85. The van der Waals surface area contributed by atoms with Crippen molar-refractivity contribution in [1.29, 1.82) is 5.26 Å². The highest BCUT2D eigenvalue weighted by molar-refractivity contribution is 9.08. The van der Waals surface area contributed by atoms with Crippen LogP contribution in [0.15, 0.2) is 36.7 Å². The standard InChI is InChI=1S/C13H10BrN3O/c14-6-11-1-2-13(8-17-11)18-9-10-3-4-16-12(5-10)7-15/h1-5,8H,6,9H2. The number of ether oxygens (including phenoxy) is 1. The number of nitrogens with zero attached hydrogens (tertiary/aromatic N) is 3. The zero-order valence-corrected chi connectivity index (χ0v) is 11.1. The van der Waals surface area contributed by atoms with Gasteiger partial charge in [-0.25, -0.2) is 4.98 Å². The van der Waals surface area contributed by atoms with Gasteiger partial charge in [0.2, 0.25) is 0 Å². The van der Waals surface area contributed by atoms with Crippen molar-refractivity contribution in [2.24, 2.45) is 0 Å². The highest BCUT2D eigenvalue weighted by atomic mass is 79.9. The minimum absolute atomic E-state index is 0.392. The van der Waals surface area contributed by atoms with Crippen molar-refractivity contribution < 1.29 is 4.74 Å². The SMILES string of the molecule is N#Cc1cc(COc2ccc(CBr)nc2)ccn1. The lowest BCUT2D eigenvalue weighted by molar-refractivity contribution is 0.304. The van der Waals surface area contributed by atoms with E-state index in [1.807, 2.05) is 24.3 Å². The van der Waals surface area contributed by atoms with E-state index in [1.54, 1.807) is 18.5 Å². The smallest absolute Gasteiger partial charge is 0.140 e. The van der Waals surface area contributed by atoms with Crippen LogP contribution in [0.4, 0.5) is 0 Å². The Morgan fingerprint density at radius 2 is 2.17 bits per heavy atom. The summed E-state index contributed by atoms with van der Waals surface area (Å²) in [5.74, 6) is 0.704. The molecule has 18 heavy (non-hydrogen) atoms. The second kappa shape index (κ2) is 6.12. The van der Waals surface area contributed by atoms with E-state index >= 15 is 0 Å². The lowest BCUT2D eigenvalue weighted by atomic mass is 10.2. The zero-order valence-electron chi connectivity index (χ0n) is 9.51. The maximum atomic E-state index is 8.74. The van der Waals surface area contributed by atoms with E-state index < -0.39 is 0 Å². The Bertz CT molecular complexity index is 563. The molecule has 0 N–H and O–H groups in total. The first-order chi connectivity index (χ1) is 8.81. The highest BCUT2D eigenvalue weighted by Gasteiger charge is 1.99. The molecule has 5 heteroatoms. The first-order valence-electron chi connectivity index (χ1n) is 5.30. The number of hydrogen-bond acceptors (Lipinski definition) is 4. The Kier molecular flexibility index (Phi) is 4.26. The van der Waals surface area contributed by atoms with E-state index in [1.165, 1.54) is 0 Å². The molecule has 0 radical (unpaired) electrons. The summed E-state index contributed by atoms with van der Waals surface area (Å²) in [5.41, 5.74) is 2.26. The number of nitriles is 1. The number of aromatic nitrogens is 2. The van der Waals surface area contributed by atoms with Crippen LogP contribution in [0.3, 0.4) is 0 Å². The van der Waals surface area contributed by atoms with E-state index in [0.29, 0.717) is 18.1 Å². The predicted molar refractivity (Wildman–Crippen MR) is 70.2 cm³/mol. The summed E-state index contributed by atoms with van der Waals surface area (Å²) in [6.45, 7) is 0.395. The molecule has 0 aliphatic rings. The van der Waals surface area contributed by atoms with E-state index in [-0.39, 0.29) is 0 Å². The lowest BCUT2D eigenvalue weighted by Crippen LogP contribution is -1.97. The molecule has 2 heterocycles. The Balaban J connectivity index is 2.00. The largest absolute Gasteiger partial charge is 0.487 e. The van der Waals surface area contributed by atoms with E-state index in [2.05, 4.69) is 25.9 Å². The second-order valence-corrected chi connectivity index (χ2v) is 4.13. The van der Waals surface area contributed by atoms with Crippen molar-refractivity contribution in [2.45, 2.75) is 11.9 Å². The molecule has 0 aromatic carbocycles. The van der Waals surface area contributed by atoms with Crippen LogP contribution >= 0.6 is 15.9 Å². The average molecular weight is 304 g/mol. The highest BCUT2D eigenvalue weighted by Crippen LogP contribution is 2.13. The molecule has 2 aromatic heterocycles. The molecular formula is C13H10BrN3O. The molecule has 4 nitrogen and oxygen atoms in total. The summed E-state index contributed by atoms with van der Waals surface area (Å²) < 4.78 is 5.58. The van der Waals surface area contributed by atoms with Gasteiger partial charge in [-0.3, -0.25) is 4.98 Å². The molecule has 2 aromatic rings. The van der Waals surface area contributed by atoms with Crippen LogP contribution in [0.1, 0.15) is 17.0 Å². The first kappa shape index (κ1) is 12.5. The lowest BCUT2D eigenvalue weighted by Gasteiger charge is -2.06. The zero-order chi connectivity index (χ0) is 12.8. The summed E-state index contributed by atoms with van der Waals surface area (Å²) in [6.07, 6.45) is 3.28. The van der Waals surface area contributed by atoms with Crippen LogP contribution in [0.25, 0.3) is 0 Å². The summed E-state index contributed by atoms with van der Waals surface area (Å²) in [7, 11) is 0. The van der Waals surface area contributed by atoms with Gasteiger partial charge in [-0.15, -0.1) is 0 Å². The Morgan fingerprint density at radius 1 is 1.28 bits per heavy atom. The van der Waals surface area contributed by atoms with Gasteiger partial charge in [-0.1, -0.05) is 15.9 Å². The fourth-order valence-electron chi connectivity index (χ4n) is 1.37. The number of pyridine rings is 2. The molecule has 0 unspecified atom stereocenters. The topological polar surface area (TPSA) is 58.8 Å². The van der Waals surface area contributed by atoms with Crippen molar-refractivity contribution in [3.8, 4) is 11.8 Å². The van der Waals surface area contributed by atoms with Crippen LogP contribution in [0.2, 0.25) is 0 Å². The molecule has 0 fully saturated rings. The van der Waals surface area contributed by atoms with Crippen LogP contribution in [-0.2, 0) is 11.9 Å². The molecule has 0 amide bonds. The van der Waals surface area contributed by atoms with Gasteiger partial charge in [0.15, 0.2) is 0 Å². The molecule has 0 aliphatic heterocycles. The maximum Gasteiger partial charge on any atom is 0.140 e. The predicted octanol–water partition coefficient (Wildman–Crippen LogP) is 2.82. The van der Waals surface area contributed by atoms with Crippen LogP contribution < -0.4 is 4.74 Å². The van der Waals surface area contributed by atoms with Gasteiger partial charge in [0.1, 0.15) is 24.1 Å². The molecule has 0 saturated heterocycles. The normalized spacial score (nSPS) is 9.78. The average Bonchev–Trinajstić information content (AvgIpc) is 2.46. The number of halogens is 1. The van der Waals surface area contributed by atoms with Crippen molar-refractivity contribution in [3.63, 3.8) is 0 Å². The van der Waals surface area contributed by atoms with Gasteiger partial charge >= 0.3 is 0 Å². The van der Waals surface area contributed by atoms with Gasteiger partial charge in [0, 0.05) is 11.5 Å². The summed E-state index contributed by atoms with van der Waals surface area (Å²) in [4.78, 5) is 8.11. The number of alkyl halides is 1. The molecule has 0 bridgehead atoms. The minimum atomic E-state index is 0.392. The van der Waals surface area contributed by atoms with E-state index in [4.69, 9.17) is 10.00 Å².